The molecule has 4 heteroatoms. The number of fused-ring (bicyclic) bond motifs is 1. The van der Waals surface area contributed by atoms with Gasteiger partial charge >= 0.3 is 0 Å². The number of carbonyl (C=O) groups excluding carboxylic acids is 1. The molecule has 1 atom stereocenters. The molecule has 1 aromatic carbocycles. The maximum Gasteiger partial charge on any atom is 0.244 e. The van der Waals surface area contributed by atoms with Gasteiger partial charge in [0, 0.05) is 16.7 Å². The Bertz CT molecular complexity index is 675. The molecule has 0 bridgehead atoms. The van der Waals surface area contributed by atoms with Crippen LogP contribution in [0.5, 0.6) is 0 Å². The van der Waals surface area contributed by atoms with Crippen molar-refractivity contribution in [3.8, 4) is 0 Å². The molecule has 0 saturated carbocycles. The second kappa shape index (κ2) is 6.22. The number of thioether (sulfide) groups is 1. The monoisotopic (exact) mass is 299 g/mol. The van der Waals surface area contributed by atoms with Crippen LogP contribution in [0.25, 0.3) is 6.08 Å². The Kier molecular flexibility index (Phi) is 4.15. The lowest BCUT2D eigenvalue weighted by atomic mass is 10.0. The quantitative estimate of drug-likeness (QED) is 0.872. The fourth-order valence-corrected chi connectivity index (χ4v) is 3.54. The molecule has 3 rings (SSSR count). The van der Waals surface area contributed by atoms with E-state index in [1.54, 1.807) is 6.08 Å². The molecule has 1 aliphatic heterocycles. The number of furan rings is 1. The molecule has 0 saturated heterocycles. The number of aryl methyl sites for hydroxylation is 1. The third kappa shape index (κ3) is 3.39. The van der Waals surface area contributed by atoms with Crippen molar-refractivity contribution in [3.05, 3.63) is 59.6 Å². The summed E-state index contributed by atoms with van der Waals surface area (Å²) in [5.41, 5.74) is 1.21. The molecule has 0 aliphatic carbocycles. The highest BCUT2D eigenvalue weighted by Gasteiger charge is 2.20. The molecule has 1 amide bonds. The van der Waals surface area contributed by atoms with Gasteiger partial charge in [-0.15, -0.1) is 11.8 Å². The number of rotatable bonds is 3. The van der Waals surface area contributed by atoms with Gasteiger partial charge in [-0.3, -0.25) is 4.79 Å². The summed E-state index contributed by atoms with van der Waals surface area (Å²) in [6.45, 7) is 1.88. The molecule has 1 unspecified atom stereocenters. The number of hydrogen-bond acceptors (Lipinski definition) is 3. The van der Waals surface area contributed by atoms with Gasteiger partial charge in [-0.2, -0.15) is 0 Å². The van der Waals surface area contributed by atoms with E-state index in [0.717, 1.165) is 17.9 Å². The smallest absolute Gasteiger partial charge is 0.244 e. The van der Waals surface area contributed by atoms with E-state index in [2.05, 4.69) is 17.4 Å². The average molecular weight is 299 g/mol. The van der Waals surface area contributed by atoms with Crippen molar-refractivity contribution in [2.24, 2.45) is 0 Å². The third-order valence-corrected chi connectivity index (χ3v) is 4.56. The van der Waals surface area contributed by atoms with Crippen LogP contribution >= 0.6 is 11.8 Å². The molecule has 21 heavy (non-hydrogen) atoms. The molecular weight excluding hydrogens is 282 g/mol. The maximum absolute atomic E-state index is 12.1. The lowest BCUT2D eigenvalue weighted by Crippen LogP contribution is -2.29. The van der Waals surface area contributed by atoms with E-state index in [-0.39, 0.29) is 11.9 Å². The fraction of sp³-hybridized carbons (Fsp3) is 0.235. The second-order valence-electron chi connectivity index (χ2n) is 5.02. The Hall–Kier alpha value is -1.94. The van der Waals surface area contributed by atoms with Crippen LogP contribution in [0.3, 0.4) is 0 Å². The van der Waals surface area contributed by atoms with E-state index in [9.17, 15) is 4.79 Å². The summed E-state index contributed by atoms with van der Waals surface area (Å²) in [6.07, 6.45) is 4.19. The molecule has 1 aliphatic rings. The first-order valence-electron chi connectivity index (χ1n) is 6.99. The van der Waals surface area contributed by atoms with Crippen molar-refractivity contribution in [1.29, 1.82) is 0 Å². The highest BCUT2D eigenvalue weighted by Crippen LogP contribution is 2.35. The van der Waals surface area contributed by atoms with Gasteiger partial charge in [0.25, 0.3) is 0 Å². The van der Waals surface area contributed by atoms with Gasteiger partial charge in [-0.05, 0) is 43.2 Å². The van der Waals surface area contributed by atoms with E-state index < -0.39 is 0 Å². The lowest BCUT2D eigenvalue weighted by Gasteiger charge is -2.25. The molecule has 2 heterocycles. The zero-order valence-electron chi connectivity index (χ0n) is 11.8. The van der Waals surface area contributed by atoms with Crippen molar-refractivity contribution in [2.75, 3.05) is 5.75 Å². The predicted molar refractivity (Wildman–Crippen MR) is 85.1 cm³/mol. The van der Waals surface area contributed by atoms with E-state index >= 15 is 0 Å². The number of nitrogens with one attached hydrogen (secondary N) is 1. The van der Waals surface area contributed by atoms with Crippen LogP contribution in [0, 0.1) is 6.92 Å². The first-order chi connectivity index (χ1) is 10.2. The van der Waals surface area contributed by atoms with Crippen molar-refractivity contribution < 1.29 is 9.21 Å². The van der Waals surface area contributed by atoms with Gasteiger partial charge < -0.3 is 9.73 Å². The largest absolute Gasteiger partial charge is 0.462 e. The van der Waals surface area contributed by atoms with Crippen LogP contribution in [0.1, 0.15) is 29.5 Å². The van der Waals surface area contributed by atoms with Crippen molar-refractivity contribution in [1.82, 2.24) is 5.32 Å². The van der Waals surface area contributed by atoms with E-state index in [1.165, 1.54) is 16.5 Å². The average Bonchev–Trinajstić information content (AvgIpc) is 2.91. The Labute approximate surface area is 128 Å². The Morgan fingerprint density at radius 2 is 2.19 bits per heavy atom. The highest BCUT2D eigenvalue weighted by molar-refractivity contribution is 7.99. The van der Waals surface area contributed by atoms with Crippen LogP contribution in [-0.4, -0.2) is 11.7 Å². The van der Waals surface area contributed by atoms with Crippen molar-refractivity contribution >= 4 is 23.7 Å². The zero-order valence-corrected chi connectivity index (χ0v) is 12.7. The summed E-state index contributed by atoms with van der Waals surface area (Å²) in [4.78, 5) is 13.3. The van der Waals surface area contributed by atoms with Gasteiger partial charge in [0.15, 0.2) is 0 Å². The summed E-state index contributed by atoms with van der Waals surface area (Å²) >= 11 is 1.85. The second-order valence-corrected chi connectivity index (χ2v) is 6.15. The van der Waals surface area contributed by atoms with Crippen LogP contribution < -0.4 is 5.32 Å². The summed E-state index contributed by atoms with van der Waals surface area (Å²) < 4.78 is 5.41. The minimum atomic E-state index is -0.0873. The van der Waals surface area contributed by atoms with E-state index in [0.29, 0.717) is 5.76 Å². The summed E-state index contributed by atoms with van der Waals surface area (Å²) in [7, 11) is 0. The van der Waals surface area contributed by atoms with Gasteiger partial charge in [-0.1, -0.05) is 18.2 Å². The zero-order chi connectivity index (χ0) is 14.7. The van der Waals surface area contributed by atoms with Crippen LogP contribution in [0.4, 0.5) is 0 Å². The van der Waals surface area contributed by atoms with Crippen molar-refractivity contribution in [2.45, 2.75) is 24.3 Å². The predicted octanol–water partition coefficient (Wildman–Crippen LogP) is 3.95. The molecule has 0 spiro atoms. The van der Waals surface area contributed by atoms with Crippen LogP contribution in [0.2, 0.25) is 0 Å². The number of benzene rings is 1. The summed E-state index contributed by atoms with van der Waals surface area (Å²) in [6, 6.07) is 12.1. The molecule has 1 aromatic heterocycles. The third-order valence-electron chi connectivity index (χ3n) is 3.44. The SMILES string of the molecule is Cc1ccc(/C=C/C(=O)NC2CCSc3ccccc32)o1. The Balaban J connectivity index is 1.67. The molecule has 2 aromatic rings. The van der Waals surface area contributed by atoms with Gasteiger partial charge in [0.1, 0.15) is 11.5 Å². The van der Waals surface area contributed by atoms with Crippen LogP contribution in [-0.2, 0) is 4.79 Å². The summed E-state index contributed by atoms with van der Waals surface area (Å²) in [5.74, 6) is 2.48. The van der Waals surface area contributed by atoms with E-state index in [4.69, 9.17) is 4.42 Å². The molecule has 1 N–H and O–H groups in total. The van der Waals surface area contributed by atoms with Crippen LogP contribution in [0.15, 0.2) is 51.8 Å². The number of amides is 1. The van der Waals surface area contributed by atoms with Crippen molar-refractivity contribution in [3.63, 3.8) is 0 Å². The number of carbonyl (C=O) groups is 1. The maximum atomic E-state index is 12.1. The fourth-order valence-electron chi connectivity index (χ4n) is 2.41. The van der Waals surface area contributed by atoms with E-state index in [1.807, 2.05) is 43.0 Å². The lowest BCUT2D eigenvalue weighted by molar-refractivity contribution is -0.117. The Morgan fingerprint density at radius 1 is 1.33 bits per heavy atom. The van der Waals surface area contributed by atoms with Gasteiger partial charge in [0.05, 0.1) is 6.04 Å². The normalized spacial score (nSPS) is 17.7. The molecule has 0 fully saturated rings. The standard InChI is InChI=1S/C17H17NO2S/c1-12-6-7-13(20-12)8-9-17(19)18-15-10-11-21-16-5-3-2-4-14(15)16/h2-9,15H,10-11H2,1H3,(H,18,19)/b9-8+. The number of hydrogen-bond donors (Lipinski definition) is 1. The molecule has 3 nitrogen and oxygen atoms in total. The minimum absolute atomic E-state index is 0.0873. The first kappa shape index (κ1) is 14.0. The molecule has 0 radical (unpaired) electrons. The highest BCUT2D eigenvalue weighted by atomic mass is 32.2. The molecular formula is C17H17NO2S. The first-order valence-corrected chi connectivity index (χ1v) is 7.98. The topological polar surface area (TPSA) is 42.2 Å². The minimum Gasteiger partial charge on any atom is -0.462 e. The van der Waals surface area contributed by atoms with Gasteiger partial charge in [-0.25, -0.2) is 0 Å². The summed E-state index contributed by atoms with van der Waals surface area (Å²) in [5, 5.41) is 3.07. The van der Waals surface area contributed by atoms with Gasteiger partial charge in [0.2, 0.25) is 5.91 Å². The Morgan fingerprint density at radius 3 is 3.00 bits per heavy atom. The molecule has 108 valence electrons.